The SMILES string of the molecule is C=CCC(NC(=O)OC(C)(C)C)C(=O)N(CCc1cn(C(=O)OC(C)(C)C)c2ccccc12)[C@H](C)CC=C. The summed E-state index contributed by atoms with van der Waals surface area (Å²) in [6.45, 7) is 20.7. The number of carbonyl (C=O) groups excluding carboxylic acids is 3. The summed E-state index contributed by atoms with van der Waals surface area (Å²) in [4.78, 5) is 40.8. The van der Waals surface area contributed by atoms with Gasteiger partial charge in [0.25, 0.3) is 0 Å². The predicted octanol–water partition coefficient (Wildman–Crippen LogP) is 6.23. The van der Waals surface area contributed by atoms with E-state index >= 15 is 0 Å². The van der Waals surface area contributed by atoms with Gasteiger partial charge in [0.2, 0.25) is 5.91 Å². The first kappa shape index (κ1) is 30.7. The topological polar surface area (TPSA) is 89.9 Å². The van der Waals surface area contributed by atoms with Gasteiger partial charge in [0.05, 0.1) is 5.52 Å². The molecule has 2 aromatic rings. The largest absolute Gasteiger partial charge is 0.444 e. The second-order valence-electron chi connectivity index (χ2n) is 11.4. The zero-order chi connectivity index (χ0) is 28.7. The number of amides is 2. The van der Waals surface area contributed by atoms with Crippen LogP contribution in [0.1, 0.15) is 66.9 Å². The Morgan fingerprint density at radius 3 is 2.18 bits per heavy atom. The van der Waals surface area contributed by atoms with Crippen LogP contribution in [0.25, 0.3) is 10.9 Å². The summed E-state index contributed by atoms with van der Waals surface area (Å²) in [7, 11) is 0. The number of benzene rings is 1. The minimum Gasteiger partial charge on any atom is -0.444 e. The summed E-state index contributed by atoms with van der Waals surface area (Å²) in [5.41, 5.74) is 0.331. The van der Waals surface area contributed by atoms with Gasteiger partial charge in [-0.1, -0.05) is 30.4 Å². The van der Waals surface area contributed by atoms with Crippen LogP contribution in [0.4, 0.5) is 9.59 Å². The van der Waals surface area contributed by atoms with Gasteiger partial charge in [-0.3, -0.25) is 9.36 Å². The summed E-state index contributed by atoms with van der Waals surface area (Å²) in [6, 6.07) is 6.63. The van der Waals surface area contributed by atoms with Gasteiger partial charge in [-0.15, -0.1) is 13.2 Å². The molecular weight excluding hydrogens is 482 g/mol. The molecule has 0 radical (unpaired) electrons. The molecule has 1 aromatic carbocycles. The van der Waals surface area contributed by atoms with Gasteiger partial charge in [-0.2, -0.15) is 0 Å². The Morgan fingerprint density at radius 1 is 1.00 bits per heavy atom. The average Bonchev–Trinajstić information content (AvgIpc) is 3.15. The van der Waals surface area contributed by atoms with Gasteiger partial charge in [0.1, 0.15) is 17.2 Å². The van der Waals surface area contributed by atoms with Gasteiger partial charge in [-0.25, -0.2) is 9.59 Å². The van der Waals surface area contributed by atoms with Gasteiger partial charge < -0.3 is 19.7 Å². The van der Waals surface area contributed by atoms with Crippen molar-refractivity contribution >= 4 is 29.0 Å². The third-order valence-electron chi connectivity index (χ3n) is 5.72. The molecule has 0 spiro atoms. The highest BCUT2D eigenvalue weighted by Crippen LogP contribution is 2.24. The molecule has 0 fully saturated rings. The fourth-order valence-electron chi connectivity index (χ4n) is 4.11. The van der Waals surface area contributed by atoms with E-state index in [4.69, 9.17) is 9.47 Å². The van der Waals surface area contributed by atoms with Crippen LogP contribution in [0.5, 0.6) is 0 Å². The summed E-state index contributed by atoms with van der Waals surface area (Å²) in [6.07, 6.45) is 5.37. The molecular formula is C30H43N3O5. The Balaban J connectivity index is 2.34. The number of nitrogens with one attached hydrogen (secondary N) is 1. The van der Waals surface area contributed by atoms with Crippen LogP contribution in [-0.4, -0.2) is 57.4 Å². The van der Waals surface area contributed by atoms with E-state index in [1.165, 1.54) is 4.57 Å². The molecule has 0 aliphatic carbocycles. The highest BCUT2D eigenvalue weighted by atomic mass is 16.6. The number of fused-ring (bicyclic) bond motifs is 1. The minimum atomic E-state index is -0.822. The molecule has 0 aliphatic heterocycles. The monoisotopic (exact) mass is 525 g/mol. The number of carbonyl (C=O) groups is 3. The Hall–Kier alpha value is -3.55. The van der Waals surface area contributed by atoms with E-state index in [0.717, 1.165) is 16.5 Å². The minimum absolute atomic E-state index is 0.160. The first-order valence-corrected chi connectivity index (χ1v) is 13.0. The Labute approximate surface area is 226 Å². The van der Waals surface area contributed by atoms with Crippen molar-refractivity contribution in [2.24, 2.45) is 0 Å². The van der Waals surface area contributed by atoms with Crippen molar-refractivity contribution in [3.8, 4) is 0 Å². The van der Waals surface area contributed by atoms with Gasteiger partial charge in [0, 0.05) is 24.2 Å². The van der Waals surface area contributed by atoms with E-state index < -0.39 is 29.4 Å². The second-order valence-corrected chi connectivity index (χ2v) is 11.4. The average molecular weight is 526 g/mol. The molecule has 2 amide bonds. The van der Waals surface area contributed by atoms with E-state index in [2.05, 4.69) is 18.5 Å². The number of aromatic nitrogens is 1. The van der Waals surface area contributed by atoms with Gasteiger partial charge in [0.15, 0.2) is 0 Å². The van der Waals surface area contributed by atoms with Crippen LogP contribution in [0.15, 0.2) is 55.8 Å². The number of para-hydroxylation sites is 1. The van der Waals surface area contributed by atoms with Crippen LogP contribution in [0.2, 0.25) is 0 Å². The molecule has 2 atom stereocenters. The van der Waals surface area contributed by atoms with E-state index in [-0.39, 0.29) is 18.4 Å². The molecule has 2 rings (SSSR count). The second kappa shape index (κ2) is 12.8. The zero-order valence-corrected chi connectivity index (χ0v) is 23.9. The van der Waals surface area contributed by atoms with Crippen LogP contribution in [-0.2, 0) is 20.7 Å². The molecule has 208 valence electrons. The first-order valence-electron chi connectivity index (χ1n) is 13.0. The van der Waals surface area contributed by atoms with Crippen molar-refractivity contribution in [2.75, 3.05) is 6.54 Å². The Kier molecular flexibility index (Phi) is 10.3. The number of ether oxygens (including phenoxy) is 2. The van der Waals surface area contributed by atoms with E-state index in [9.17, 15) is 14.4 Å². The third kappa shape index (κ3) is 8.78. The maximum absolute atomic E-state index is 13.7. The number of alkyl carbamates (subject to hydrolysis) is 1. The van der Waals surface area contributed by atoms with Gasteiger partial charge >= 0.3 is 12.2 Å². The standard InChI is InChI=1S/C30H43N3O5/c1-10-14-21(3)32(26(34)24(15-11-2)31-27(35)37-29(4,5)6)19-18-22-20-33(28(36)38-30(7,8)9)25-17-13-12-16-23(22)25/h10-13,16-17,20-21,24H,1-2,14-15,18-19H2,3-9H3,(H,31,35)/t21-,24?/m1/s1. The maximum Gasteiger partial charge on any atom is 0.419 e. The highest BCUT2D eigenvalue weighted by Gasteiger charge is 2.30. The smallest absolute Gasteiger partial charge is 0.419 e. The van der Waals surface area contributed by atoms with Crippen molar-refractivity contribution in [1.29, 1.82) is 0 Å². The molecule has 1 heterocycles. The lowest BCUT2D eigenvalue weighted by Gasteiger charge is -2.32. The Morgan fingerprint density at radius 2 is 1.61 bits per heavy atom. The maximum atomic E-state index is 13.7. The number of nitrogens with zero attached hydrogens (tertiary/aromatic N) is 2. The van der Waals surface area contributed by atoms with E-state index in [1.54, 1.807) is 44.0 Å². The van der Waals surface area contributed by atoms with E-state index in [0.29, 0.717) is 19.4 Å². The molecule has 38 heavy (non-hydrogen) atoms. The summed E-state index contributed by atoms with van der Waals surface area (Å²) < 4.78 is 12.5. The molecule has 8 heteroatoms. The normalized spacial score (nSPS) is 13.3. The first-order chi connectivity index (χ1) is 17.7. The fourth-order valence-corrected chi connectivity index (χ4v) is 4.11. The van der Waals surface area contributed by atoms with Crippen LogP contribution in [0, 0.1) is 0 Å². The number of hydrogen-bond acceptors (Lipinski definition) is 5. The summed E-state index contributed by atoms with van der Waals surface area (Å²) >= 11 is 0. The molecule has 0 saturated carbocycles. The lowest BCUT2D eigenvalue weighted by molar-refractivity contribution is -0.135. The fraction of sp³-hybridized carbons (Fsp3) is 0.500. The molecule has 0 bridgehead atoms. The lowest BCUT2D eigenvalue weighted by Crippen LogP contribution is -2.52. The quantitative estimate of drug-likeness (QED) is 0.372. The molecule has 0 saturated heterocycles. The van der Waals surface area contributed by atoms with Crippen molar-refractivity contribution in [3.05, 3.63) is 61.3 Å². The van der Waals surface area contributed by atoms with Crippen LogP contribution >= 0.6 is 0 Å². The van der Waals surface area contributed by atoms with Crippen LogP contribution < -0.4 is 5.32 Å². The third-order valence-corrected chi connectivity index (χ3v) is 5.72. The Bertz CT molecular complexity index is 1150. The number of hydrogen-bond donors (Lipinski definition) is 1. The van der Waals surface area contributed by atoms with Crippen molar-refractivity contribution in [2.45, 2.75) is 91.0 Å². The molecule has 8 nitrogen and oxygen atoms in total. The van der Waals surface area contributed by atoms with Crippen LogP contribution in [0.3, 0.4) is 0 Å². The van der Waals surface area contributed by atoms with Crippen molar-refractivity contribution in [1.82, 2.24) is 14.8 Å². The highest BCUT2D eigenvalue weighted by molar-refractivity contribution is 5.92. The van der Waals surface area contributed by atoms with Crippen molar-refractivity contribution in [3.63, 3.8) is 0 Å². The van der Waals surface area contributed by atoms with E-state index in [1.807, 2.05) is 52.0 Å². The predicted molar refractivity (Wildman–Crippen MR) is 151 cm³/mol. The zero-order valence-electron chi connectivity index (χ0n) is 23.9. The molecule has 1 unspecified atom stereocenters. The summed E-state index contributed by atoms with van der Waals surface area (Å²) in [5, 5.41) is 3.62. The number of rotatable bonds is 10. The van der Waals surface area contributed by atoms with Crippen molar-refractivity contribution < 1.29 is 23.9 Å². The lowest BCUT2D eigenvalue weighted by atomic mass is 10.1. The molecule has 0 aliphatic rings. The van der Waals surface area contributed by atoms with Gasteiger partial charge in [-0.05, 0) is 79.4 Å². The molecule has 1 N–H and O–H groups in total. The molecule has 1 aromatic heterocycles. The summed E-state index contributed by atoms with van der Waals surface area (Å²) in [5.74, 6) is -0.235.